The molecule has 2 rings (SSSR count). The van der Waals surface area contributed by atoms with Crippen molar-refractivity contribution in [1.82, 2.24) is 4.57 Å². The number of hydrogen-bond acceptors (Lipinski definition) is 3. The lowest BCUT2D eigenvalue weighted by atomic mass is 10.1. The highest BCUT2D eigenvalue weighted by Crippen LogP contribution is 2.11. The van der Waals surface area contributed by atoms with Crippen molar-refractivity contribution in [2.75, 3.05) is 0 Å². The number of halogens is 1. The molecule has 18 heavy (non-hydrogen) atoms. The van der Waals surface area contributed by atoms with Crippen LogP contribution in [0.4, 0.5) is 4.39 Å². The zero-order valence-electron chi connectivity index (χ0n) is 9.30. The summed E-state index contributed by atoms with van der Waals surface area (Å²) in [5, 5.41) is 17.7. The molecule has 0 saturated heterocycles. The summed E-state index contributed by atoms with van der Waals surface area (Å²) in [6.45, 7) is 0.0522. The molecule has 0 spiro atoms. The van der Waals surface area contributed by atoms with Crippen LogP contribution in [0.15, 0.2) is 41.3 Å². The van der Waals surface area contributed by atoms with E-state index in [1.54, 1.807) is 0 Å². The minimum Gasteiger partial charge on any atom is -0.508 e. The van der Waals surface area contributed by atoms with Gasteiger partial charge >= 0.3 is 0 Å². The monoisotopic (exact) mass is 244 g/mol. The average Bonchev–Trinajstić information content (AvgIpc) is 2.34. The maximum atomic E-state index is 13.6. The zero-order chi connectivity index (χ0) is 13.1. The molecule has 1 aromatic carbocycles. The Balaban J connectivity index is 2.35. The quantitative estimate of drug-likeness (QED) is 0.872. The molecule has 0 aliphatic carbocycles. The third-order valence-electron chi connectivity index (χ3n) is 2.50. The summed E-state index contributed by atoms with van der Waals surface area (Å²) in [5.41, 5.74) is 0.120. The van der Waals surface area contributed by atoms with E-state index >= 15 is 0 Å². The number of aromatic hydroxyl groups is 1. The van der Waals surface area contributed by atoms with Gasteiger partial charge in [-0.15, -0.1) is 0 Å². The van der Waals surface area contributed by atoms with Crippen LogP contribution in [0.5, 0.6) is 5.75 Å². The smallest absolute Gasteiger partial charge is 0.254 e. The summed E-state index contributed by atoms with van der Waals surface area (Å²) >= 11 is 0. The van der Waals surface area contributed by atoms with Gasteiger partial charge in [0.2, 0.25) is 0 Å². The Hall–Kier alpha value is -2.61. The first-order valence-corrected chi connectivity index (χ1v) is 5.18. The summed E-state index contributed by atoms with van der Waals surface area (Å²) < 4.78 is 14.9. The average molecular weight is 244 g/mol. The summed E-state index contributed by atoms with van der Waals surface area (Å²) in [6.07, 6.45) is 1.38. The molecule has 4 nitrogen and oxygen atoms in total. The first-order valence-electron chi connectivity index (χ1n) is 5.18. The van der Waals surface area contributed by atoms with Crippen molar-refractivity contribution in [2.45, 2.75) is 6.54 Å². The Morgan fingerprint density at radius 3 is 2.72 bits per heavy atom. The van der Waals surface area contributed by atoms with Crippen LogP contribution in [-0.4, -0.2) is 9.67 Å². The van der Waals surface area contributed by atoms with E-state index in [2.05, 4.69) is 0 Å². The van der Waals surface area contributed by atoms with Crippen molar-refractivity contribution in [3.8, 4) is 11.8 Å². The molecule has 0 radical (unpaired) electrons. The largest absolute Gasteiger partial charge is 0.508 e. The number of benzene rings is 1. The van der Waals surface area contributed by atoms with E-state index in [9.17, 15) is 9.18 Å². The molecular weight excluding hydrogens is 235 g/mol. The van der Waals surface area contributed by atoms with Crippen LogP contribution < -0.4 is 5.56 Å². The molecule has 0 atom stereocenters. The molecule has 0 fully saturated rings. The van der Waals surface area contributed by atoms with E-state index in [1.807, 2.05) is 6.07 Å². The molecule has 1 aromatic heterocycles. The summed E-state index contributed by atoms with van der Waals surface area (Å²) in [5.74, 6) is -0.662. The zero-order valence-corrected chi connectivity index (χ0v) is 9.30. The summed E-state index contributed by atoms with van der Waals surface area (Å²) in [7, 11) is 0. The van der Waals surface area contributed by atoms with Crippen molar-refractivity contribution < 1.29 is 9.50 Å². The fraction of sp³-hybridized carbons (Fsp3) is 0.0769. The third kappa shape index (κ3) is 2.38. The predicted octanol–water partition coefficient (Wildman–Crippen LogP) is 1.61. The molecular formula is C13H9FN2O2. The fourth-order valence-corrected chi connectivity index (χ4v) is 1.56. The van der Waals surface area contributed by atoms with Gasteiger partial charge in [0.25, 0.3) is 5.56 Å². The molecule has 5 heteroatoms. The molecule has 0 aliphatic heterocycles. The number of hydrogen-bond donors (Lipinski definition) is 1. The Labute approximate surface area is 102 Å². The number of aromatic nitrogens is 1. The Morgan fingerprint density at radius 1 is 1.33 bits per heavy atom. The maximum absolute atomic E-state index is 13.6. The summed E-state index contributed by atoms with van der Waals surface area (Å²) in [6, 6.07) is 8.32. The second kappa shape index (κ2) is 4.72. The minimum atomic E-state index is -0.533. The SMILES string of the molecule is N#Cc1ccc(Cn2ccc(O)cc2=O)c(F)c1. The van der Waals surface area contributed by atoms with E-state index in [0.29, 0.717) is 5.56 Å². The Morgan fingerprint density at radius 2 is 2.11 bits per heavy atom. The van der Waals surface area contributed by atoms with Crippen LogP contribution in [0, 0.1) is 17.1 Å². The molecule has 0 unspecified atom stereocenters. The van der Waals surface area contributed by atoms with E-state index in [-0.39, 0.29) is 17.9 Å². The van der Waals surface area contributed by atoms with Gasteiger partial charge in [-0.2, -0.15) is 5.26 Å². The number of rotatable bonds is 2. The molecule has 0 aliphatic rings. The van der Waals surface area contributed by atoms with Crippen LogP contribution in [0.25, 0.3) is 0 Å². The lowest BCUT2D eigenvalue weighted by Crippen LogP contribution is -2.19. The Bertz CT molecular complexity index is 686. The predicted molar refractivity (Wildman–Crippen MR) is 62.6 cm³/mol. The molecule has 1 N–H and O–H groups in total. The standard InChI is InChI=1S/C13H9FN2O2/c14-12-5-9(7-15)1-2-10(12)8-16-4-3-11(17)6-13(16)18/h1-6,17H,8H2. The van der Waals surface area contributed by atoms with Gasteiger partial charge < -0.3 is 9.67 Å². The normalized spacial score (nSPS) is 10.0. The van der Waals surface area contributed by atoms with Crippen LogP contribution >= 0.6 is 0 Å². The van der Waals surface area contributed by atoms with Gasteiger partial charge in [-0.05, 0) is 18.2 Å². The third-order valence-corrected chi connectivity index (χ3v) is 2.50. The van der Waals surface area contributed by atoms with Crippen molar-refractivity contribution in [3.63, 3.8) is 0 Å². The van der Waals surface area contributed by atoms with Gasteiger partial charge in [-0.3, -0.25) is 4.79 Å². The second-order valence-corrected chi connectivity index (χ2v) is 3.77. The highest BCUT2D eigenvalue weighted by Gasteiger charge is 2.05. The highest BCUT2D eigenvalue weighted by molar-refractivity contribution is 5.33. The Kier molecular flexibility index (Phi) is 3.11. The van der Waals surface area contributed by atoms with Crippen LogP contribution in [0.1, 0.15) is 11.1 Å². The molecule has 90 valence electrons. The van der Waals surface area contributed by atoms with Crippen molar-refractivity contribution in [2.24, 2.45) is 0 Å². The number of nitrogens with zero attached hydrogens (tertiary/aromatic N) is 2. The number of pyridine rings is 1. The lowest BCUT2D eigenvalue weighted by molar-refractivity contribution is 0.471. The maximum Gasteiger partial charge on any atom is 0.254 e. The molecule has 2 aromatic rings. The van der Waals surface area contributed by atoms with Crippen LogP contribution in [0.3, 0.4) is 0 Å². The van der Waals surface area contributed by atoms with Gasteiger partial charge in [-0.1, -0.05) is 6.07 Å². The van der Waals surface area contributed by atoms with Crippen molar-refractivity contribution >= 4 is 0 Å². The van der Waals surface area contributed by atoms with Gasteiger partial charge in [0.15, 0.2) is 0 Å². The molecule has 0 saturated carbocycles. The minimum absolute atomic E-state index is 0.0522. The highest BCUT2D eigenvalue weighted by atomic mass is 19.1. The van der Waals surface area contributed by atoms with Gasteiger partial charge in [0, 0.05) is 17.8 Å². The van der Waals surface area contributed by atoms with Crippen molar-refractivity contribution in [3.05, 3.63) is 63.8 Å². The topological polar surface area (TPSA) is 66.0 Å². The van der Waals surface area contributed by atoms with Crippen LogP contribution in [0.2, 0.25) is 0 Å². The second-order valence-electron chi connectivity index (χ2n) is 3.77. The van der Waals surface area contributed by atoms with E-state index < -0.39 is 11.4 Å². The van der Waals surface area contributed by atoms with Gasteiger partial charge in [0.1, 0.15) is 11.6 Å². The summed E-state index contributed by atoms with van der Waals surface area (Å²) in [4.78, 5) is 11.5. The molecule has 0 amide bonds. The van der Waals surface area contributed by atoms with E-state index in [1.165, 1.54) is 29.0 Å². The van der Waals surface area contributed by atoms with Crippen molar-refractivity contribution in [1.29, 1.82) is 5.26 Å². The first kappa shape index (κ1) is 11.9. The molecule has 1 heterocycles. The van der Waals surface area contributed by atoms with Gasteiger partial charge in [0.05, 0.1) is 18.2 Å². The first-order chi connectivity index (χ1) is 8.60. The van der Waals surface area contributed by atoms with E-state index in [4.69, 9.17) is 10.4 Å². The fourth-order valence-electron chi connectivity index (χ4n) is 1.56. The molecule has 0 bridgehead atoms. The lowest BCUT2D eigenvalue weighted by Gasteiger charge is -2.07. The van der Waals surface area contributed by atoms with E-state index in [0.717, 1.165) is 12.1 Å². The number of nitriles is 1. The van der Waals surface area contributed by atoms with Crippen LogP contribution in [-0.2, 0) is 6.54 Å². The van der Waals surface area contributed by atoms with Gasteiger partial charge in [-0.25, -0.2) is 4.39 Å².